The third kappa shape index (κ3) is 41.2. The summed E-state index contributed by atoms with van der Waals surface area (Å²) < 4.78 is 39.8. The SMILES string of the molecule is CCCCCCCCCCCCCCCCCC(=O)OC[C@H](COP(=O)(O)OCCNC(=O)C(C)(C)OCC(C)(C)C)OC(=O)CCCCCCCCCCCCCCCCC. The van der Waals surface area contributed by atoms with E-state index < -0.39 is 38.1 Å². The van der Waals surface area contributed by atoms with Gasteiger partial charge in [0.15, 0.2) is 6.10 Å². The van der Waals surface area contributed by atoms with E-state index in [0.29, 0.717) is 19.4 Å². The summed E-state index contributed by atoms with van der Waals surface area (Å²) >= 11 is 0. The van der Waals surface area contributed by atoms with Crippen LogP contribution >= 0.6 is 7.82 Å². The van der Waals surface area contributed by atoms with Gasteiger partial charge in [0.25, 0.3) is 5.91 Å². The largest absolute Gasteiger partial charge is 0.472 e. The lowest BCUT2D eigenvalue weighted by Crippen LogP contribution is -2.46. The van der Waals surface area contributed by atoms with Crippen molar-refractivity contribution in [2.24, 2.45) is 5.41 Å². The molecule has 0 radical (unpaired) electrons. The lowest BCUT2D eigenvalue weighted by molar-refractivity contribution is -0.161. The molecule has 0 saturated carbocycles. The van der Waals surface area contributed by atoms with E-state index in [-0.39, 0.29) is 43.9 Å². The van der Waals surface area contributed by atoms with Crippen molar-refractivity contribution in [2.45, 2.75) is 266 Å². The summed E-state index contributed by atoms with van der Waals surface area (Å²) in [6.07, 6.45) is 36.3. The zero-order valence-corrected chi connectivity index (χ0v) is 42.2. The van der Waals surface area contributed by atoms with Gasteiger partial charge < -0.3 is 24.4 Å². The van der Waals surface area contributed by atoms with Gasteiger partial charge in [-0.05, 0) is 32.1 Å². The third-order valence-electron chi connectivity index (χ3n) is 11.2. The standard InChI is InChI=1S/C50H98NO10P/c1-8-10-12-14-16-18-20-22-24-26-28-30-32-34-36-38-46(52)57-42-45(43-60-62(55,56)59-41-40-51-48(54)50(6,7)58-44-49(3,4)5)61-47(53)39-37-35-33-31-29-27-25-23-21-19-17-15-13-11-9-2/h45H,8-44H2,1-7H3,(H,51,54)(H,55,56)/t45-/m1/s1. The first kappa shape index (κ1) is 60.5. The Kier molecular flexibility index (Phi) is 38.8. The Hall–Kier alpha value is -1.52. The summed E-state index contributed by atoms with van der Waals surface area (Å²) in [6, 6.07) is 0. The van der Waals surface area contributed by atoms with E-state index in [0.717, 1.165) is 32.1 Å². The number of hydrogen-bond acceptors (Lipinski definition) is 9. The average molecular weight is 904 g/mol. The maximum Gasteiger partial charge on any atom is 0.472 e. The Morgan fingerprint density at radius 2 is 0.903 bits per heavy atom. The fourth-order valence-electron chi connectivity index (χ4n) is 7.12. The van der Waals surface area contributed by atoms with Crippen LogP contribution in [-0.4, -0.2) is 67.4 Å². The third-order valence-corrected chi connectivity index (χ3v) is 12.2. The summed E-state index contributed by atoms with van der Waals surface area (Å²) in [5, 5.41) is 2.65. The first-order chi connectivity index (χ1) is 29.6. The minimum atomic E-state index is -4.59. The maximum atomic E-state index is 12.8. The highest BCUT2D eigenvalue weighted by Gasteiger charge is 2.31. The van der Waals surface area contributed by atoms with Gasteiger partial charge in [-0.1, -0.05) is 214 Å². The van der Waals surface area contributed by atoms with Crippen LogP contribution in [-0.2, 0) is 42.2 Å². The van der Waals surface area contributed by atoms with E-state index in [9.17, 15) is 23.8 Å². The molecular weight excluding hydrogens is 806 g/mol. The molecule has 0 heterocycles. The van der Waals surface area contributed by atoms with Gasteiger partial charge in [0.05, 0.1) is 19.8 Å². The number of esters is 2. The molecule has 368 valence electrons. The highest BCUT2D eigenvalue weighted by molar-refractivity contribution is 7.47. The zero-order valence-electron chi connectivity index (χ0n) is 41.3. The topological polar surface area (TPSA) is 147 Å². The van der Waals surface area contributed by atoms with Gasteiger partial charge in [0, 0.05) is 19.4 Å². The number of hydrogen-bond donors (Lipinski definition) is 2. The number of amides is 1. The van der Waals surface area contributed by atoms with Gasteiger partial charge in [-0.2, -0.15) is 0 Å². The first-order valence-corrected chi connectivity index (χ1v) is 27.0. The van der Waals surface area contributed by atoms with Crippen LogP contribution in [0, 0.1) is 5.41 Å². The predicted molar refractivity (Wildman–Crippen MR) is 254 cm³/mol. The molecule has 0 aliphatic heterocycles. The highest BCUT2D eigenvalue weighted by Crippen LogP contribution is 2.43. The van der Waals surface area contributed by atoms with Crippen molar-refractivity contribution in [1.82, 2.24) is 5.32 Å². The molecule has 0 aromatic heterocycles. The fraction of sp³-hybridized carbons (Fsp3) is 0.940. The monoisotopic (exact) mass is 904 g/mol. The summed E-state index contributed by atoms with van der Waals surface area (Å²) in [7, 11) is -4.59. The van der Waals surface area contributed by atoms with Crippen molar-refractivity contribution in [3.05, 3.63) is 0 Å². The Balaban J connectivity index is 4.62. The predicted octanol–water partition coefficient (Wildman–Crippen LogP) is 14.1. The molecule has 0 fully saturated rings. The first-order valence-electron chi connectivity index (χ1n) is 25.5. The van der Waals surface area contributed by atoms with Crippen LogP contribution in [0.1, 0.15) is 254 Å². The average Bonchev–Trinajstić information content (AvgIpc) is 3.22. The molecule has 0 aliphatic rings. The van der Waals surface area contributed by atoms with Crippen molar-refractivity contribution >= 4 is 25.7 Å². The van der Waals surface area contributed by atoms with Crippen molar-refractivity contribution < 1.29 is 47.1 Å². The summed E-state index contributed by atoms with van der Waals surface area (Å²) in [5.74, 6) is -1.26. The normalized spacial score (nSPS) is 13.5. The van der Waals surface area contributed by atoms with E-state index in [4.69, 9.17) is 23.3 Å². The Morgan fingerprint density at radius 1 is 0.532 bits per heavy atom. The van der Waals surface area contributed by atoms with Gasteiger partial charge >= 0.3 is 19.8 Å². The molecule has 12 heteroatoms. The Bertz CT molecular complexity index is 1130. The minimum absolute atomic E-state index is 0.0519. The number of carbonyl (C=O) groups excluding carboxylic acids is 3. The lowest BCUT2D eigenvalue weighted by atomic mass is 9.98. The number of rotatable bonds is 45. The molecular formula is C50H98NO10P. The van der Waals surface area contributed by atoms with Crippen molar-refractivity contribution in [3.8, 4) is 0 Å². The van der Waals surface area contributed by atoms with Crippen molar-refractivity contribution in [3.63, 3.8) is 0 Å². The van der Waals surface area contributed by atoms with Gasteiger partial charge in [0.2, 0.25) is 0 Å². The van der Waals surface area contributed by atoms with Gasteiger partial charge in [-0.15, -0.1) is 0 Å². The molecule has 0 aliphatic carbocycles. The zero-order chi connectivity index (χ0) is 46.2. The number of phosphoric acid groups is 1. The van der Waals surface area contributed by atoms with Crippen molar-refractivity contribution in [2.75, 3.05) is 33.0 Å². The number of nitrogens with one attached hydrogen (secondary N) is 1. The van der Waals surface area contributed by atoms with Crippen molar-refractivity contribution in [1.29, 1.82) is 0 Å². The van der Waals surface area contributed by atoms with Gasteiger partial charge in [0.1, 0.15) is 12.2 Å². The molecule has 0 bridgehead atoms. The summed E-state index contributed by atoms with van der Waals surface area (Å²) in [6.45, 7) is 13.1. The molecule has 0 aromatic carbocycles. The van der Waals surface area contributed by atoms with E-state index in [1.54, 1.807) is 13.8 Å². The van der Waals surface area contributed by atoms with E-state index >= 15 is 0 Å². The van der Waals surface area contributed by atoms with E-state index in [2.05, 4.69) is 19.2 Å². The minimum Gasteiger partial charge on any atom is -0.462 e. The number of ether oxygens (including phenoxy) is 3. The second-order valence-corrected chi connectivity index (χ2v) is 20.9. The number of phosphoric ester groups is 1. The summed E-state index contributed by atoms with van der Waals surface area (Å²) in [4.78, 5) is 48.4. The number of unbranched alkanes of at least 4 members (excludes halogenated alkanes) is 28. The highest BCUT2D eigenvalue weighted by atomic mass is 31.2. The molecule has 2 atom stereocenters. The lowest BCUT2D eigenvalue weighted by Gasteiger charge is -2.28. The number of carbonyl (C=O) groups is 3. The molecule has 0 aromatic rings. The second kappa shape index (κ2) is 39.8. The van der Waals surface area contributed by atoms with Gasteiger partial charge in [-0.3, -0.25) is 23.4 Å². The Labute approximate surface area is 381 Å². The molecule has 11 nitrogen and oxygen atoms in total. The van der Waals surface area contributed by atoms with Crippen LogP contribution < -0.4 is 5.32 Å². The fourth-order valence-corrected chi connectivity index (χ4v) is 7.87. The quantitative estimate of drug-likeness (QED) is 0.0344. The molecule has 0 spiro atoms. The van der Waals surface area contributed by atoms with Crippen LogP contribution in [0.4, 0.5) is 0 Å². The molecule has 1 amide bonds. The van der Waals surface area contributed by atoms with Crippen LogP contribution in [0.15, 0.2) is 0 Å². The smallest absolute Gasteiger partial charge is 0.462 e. The van der Waals surface area contributed by atoms with Gasteiger partial charge in [-0.25, -0.2) is 4.57 Å². The second-order valence-electron chi connectivity index (χ2n) is 19.4. The summed E-state index contributed by atoms with van der Waals surface area (Å²) in [5.41, 5.74) is -1.22. The van der Waals surface area contributed by atoms with Crippen LogP contribution in [0.5, 0.6) is 0 Å². The van der Waals surface area contributed by atoms with Crippen LogP contribution in [0.25, 0.3) is 0 Å². The molecule has 0 saturated heterocycles. The molecule has 2 N–H and O–H groups in total. The van der Waals surface area contributed by atoms with Crippen LogP contribution in [0.3, 0.4) is 0 Å². The van der Waals surface area contributed by atoms with E-state index in [1.807, 2.05) is 20.8 Å². The molecule has 1 unspecified atom stereocenters. The van der Waals surface area contributed by atoms with E-state index in [1.165, 1.54) is 148 Å². The molecule has 0 rings (SSSR count). The molecule has 62 heavy (non-hydrogen) atoms. The maximum absolute atomic E-state index is 12.8. The Morgan fingerprint density at radius 3 is 1.29 bits per heavy atom. The van der Waals surface area contributed by atoms with Crippen LogP contribution in [0.2, 0.25) is 0 Å².